The highest BCUT2D eigenvalue weighted by molar-refractivity contribution is 5.99. The van der Waals surface area contributed by atoms with Crippen molar-refractivity contribution in [3.8, 4) is 0 Å². The number of rotatable bonds is 7. The van der Waals surface area contributed by atoms with Gasteiger partial charge >= 0.3 is 5.97 Å². The second kappa shape index (κ2) is 9.97. The Morgan fingerprint density at radius 2 is 2.03 bits per heavy atom. The molecule has 4 aliphatic rings. The van der Waals surface area contributed by atoms with Gasteiger partial charge in [-0.05, 0) is 39.0 Å². The molecule has 0 saturated carbocycles. The van der Waals surface area contributed by atoms with Gasteiger partial charge in [-0.3, -0.25) is 14.4 Å². The van der Waals surface area contributed by atoms with E-state index in [4.69, 9.17) is 9.47 Å². The van der Waals surface area contributed by atoms with Crippen LogP contribution in [0.15, 0.2) is 24.3 Å². The number of esters is 1. The molecule has 0 aromatic heterocycles. The van der Waals surface area contributed by atoms with Gasteiger partial charge < -0.3 is 24.4 Å². The third kappa shape index (κ3) is 4.12. The average molecular weight is 461 g/mol. The third-order valence-corrected chi connectivity index (χ3v) is 7.43. The number of likely N-dealkylation sites (tertiary alicyclic amines) is 1. The molecule has 6 atom stereocenters. The molecule has 4 heterocycles. The molecule has 0 aromatic rings. The number of hydrogen-bond acceptors (Lipinski definition) is 6. The van der Waals surface area contributed by atoms with Crippen molar-refractivity contribution in [3.63, 3.8) is 0 Å². The van der Waals surface area contributed by atoms with Gasteiger partial charge in [0.05, 0.1) is 18.6 Å². The molecular formula is C25H36N2O6. The summed E-state index contributed by atoms with van der Waals surface area (Å²) in [6.45, 7) is 5.23. The van der Waals surface area contributed by atoms with E-state index in [9.17, 15) is 19.5 Å². The van der Waals surface area contributed by atoms with E-state index in [0.29, 0.717) is 32.5 Å². The molecule has 0 aliphatic carbocycles. The van der Waals surface area contributed by atoms with Crippen molar-refractivity contribution in [1.82, 2.24) is 9.80 Å². The predicted octanol–water partition coefficient (Wildman–Crippen LogP) is 1.82. The van der Waals surface area contributed by atoms with Crippen LogP contribution in [0.5, 0.6) is 0 Å². The normalized spacial score (nSPS) is 35.7. The topological polar surface area (TPSA) is 96.4 Å². The monoisotopic (exact) mass is 460 g/mol. The minimum atomic E-state index is -1.20. The van der Waals surface area contributed by atoms with Gasteiger partial charge in [-0.25, -0.2) is 0 Å². The van der Waals surface area contributed by atoms with E-state index in [1.807, 2.05) is 36.1 Å². The van der Waals surface area contributed by atoms with E-state index in [-0.39, 0.29) is 24.5 Å². The number of unbranched alkanes of at least 4 members (excludes halogenated alkanes) is 1. The first-order valence-corrected chi connectivity index (χ1v) is 12.4. The predicted molar refractivity (Wildman–Crippen MR) is 121 cm³/mol. The summed E-state index contributed by atoms with van der Waals surface area (Å²) in [5.74, 6) is -2.39. The largest absolute Gasteiger partial charge is 0.465 e. The number of aliphatic hydroxyl groups excluding tert-OH is 1. The summed E-state index contributed by atoms with van der Waals surface area (Å²) in [5, 5.41) is 9.26. The number of aliphatic hydroxyl groups is 1. The van der Waals surface area contributed by atoms with Crippen LogP contribution in [0.4, 0.5) is 0 Å². The molecule has 33 heavy (non-hydrogen) atoms. The number of ether oxygens (including phenoxy) is 2. The zero-order valence-corrected chi connectivity index (χ0v) is 19.7. The number of nitrogens with zero attached hydrogens (tertiary/aromatic N) is 2. The van der Waals surface area contributed by atoms with Gasteiger partial charge in [0, 0.05) is 25.7 Å². The fourth-order valence-corrected chi connectivity index (χ4v) is 5.87. The number of carbonyl (C=O) groups is 3. The number of carbonyl (C=O) groups excluding carboxylic acids is 3. The fourth-order valence-electron chi connectivity index (χ4n) is 5.87. The number of amides is 2. The molecule has 2 fully saturated rings. The zero-order chi connectivity index (χ0) is 23.6. The Hall–Kier alpha value is -2.19. The Morgan fingerprint density at radius 3 is 2.79 bits per heavy atom. The molecule has 1 spiro atoms. The van der Waals surface area contributed by atoms with E-state index >= 15 is 0 Å². The summed E-state index contributed by atoms with van der Waals surface area (Å²) in [4.78, 5) is 44.3. The van der Waals surface area contributed by atoms with Gasteiger partial charge in [-0.15, -0.1) is 0 Å². The Morgan fingerprint density at radius 1 is 1.21 bits per heavy atom. The lowest BCUT2D eigenvalue weighted by Crippen LogP contribution is -2.56. The maximum atomic E-state index is 14.0. The van der Waals surface area contributed by atoms with Crippen molar-refractivity contribution < 1.29 is 29.0 Å². The number of allylic oxidation sites excluding steroid dienone is 1. The maximum absolute atomic E-state index is 14.0. The molecule has 182 valence electrons. The highest BCUT2D eigenvalue weighted by Crippen LogP contribution is 2.53. The second-order valence-corrected chi connectivity index (χ2v) is 9.57. The second-order valence-electron chi connectivity index (χ2n) is 9.57. The first kappa shape index (κ1) is 24.0. The van der Waals surface area contributed by atoms with E-state index in [2.05, 4.69) is 6.92 Å². The molecule has 8 nitrogen and oxygen atoms in total. The maximum Gasteiger partial charge on any atom is 0.312 e. The zero-order valence-electron chi connectivity index (χ0n) is 19.7. The van der Waals surface area contributed by atoms with Gasteiger partial charge in [0.25, 0.3) is 0 Å². The number of cyclic esters (lactones) is 1. The first-order valence-electron chi connectivity index (χ1n) is 12.4. The lowest BCUT2D eigenvalue weighted by atomic mass is 9.78. The summed E-state index contributed by atoms with van der Waals surface area (Å²) in [6.07, 6.45) is 11.4. The van der Waals surface area contributed by atoms with Crippen molar-refractivity contribution in [2.75, 3.05) is 26.3 Å². The number of hydrogen-bond donors (Lipinski definition) is 1. The van der Waals surface area contributed by atoms with E-state index in [1.165, 1.54) is 0 Å². The smallest absolute Gasteiger partial charge is 0.312 e. The number of fused-ring (bicyclic) bond motifs is 2. The molecule has 0 aromatic carbocycles. The third-order valence-electron chi connectivity index (χ3n) is 7.43. The van der Waals surface area contributed by atoms with Gasteiger partial charge in [0.2, 0.25) is 11.8 Å². The molecule has 2 amide bonds. The van der Waals surface area contributed by atoms with Crippen LogP contribution in [0.3, 0.4) is 0 Å². The van der Waals surface area contributed by atoms with Crippen molar-refractivity contribution in [3.05, 3.63) is 24.3 Å². The lowest BCUT2D eigenvalue weighted by Gasteiger charge is -2.37. The van der Waals surface area contributed by atoms with Crippen molar-refractivity contribution in [1.29, 1.82) is 0 Å². The molecular weight excluding hydrogens is 424 g/mol. The van der Waals surface area contributed by atoms with Gasteiger partial charge in [-0.1, -0.05) is 37.6 Å². The van der Waals surface area contributed by atoms with Crippen LogP contribution in [0.25, 0.3) is 0 Å². The SMILES string of the molecule is CCCC(C)N1CC=C[C@]23O[C@@H]4/C=C\CCCOC(=O)[C@@H]4[C@H]2C(=O)N(CCCCO)C3C1=O. The van der Waals surface area contributed by atoms with Crippen LogP contribution in [-0.4, -0.2) is 82.8 Å². The summed E-state index contributed by atoms with van der Waals surface area (Å²) in [7, 11) is 0. The minimum absolute atomic E-state index is 0.0209. The highest BCUT2D eigenvalue weighted by atomic mass is 16.6. The average Bonchev–Trinajstić information content (AvgIpc) is 3.19. The van der Waals surface area contributed by atoms with E-state index < -0.39 is 35.6 Å². The fraction of sp³-hybridized carbons (Fsp3) is 0.720. The van der Waals surface area contributed by atoms with Crippen LogP contribution in [0.1, 0.15) is 52.4 Å². The Balaban J connectivity index is 1.76. The summed E-state index contributed by atoms with van der Waals surface area (Å²) >= 11 is 0. The Kier molecular flexibility index (Phi) is 7.24. The van der Waals surface area contributed by atoms with Gasteiger partial charge in [-0.2, -0.15) is 0 Å². The molecule has 2 saturated heterocycles. The van der Waals surface area contributed by atoms with Crippen molar-refractivity contribution in [2.24, 2.45) is 11.8 Å². The molecule has 0 bridgehead atoms. The van der Waals surface area contributed by atoms with Gasteiger partial charge in [0.1, 0.15) is 17.6 Å². The summed E-state index contributed by atoms with van der Waals surface area (Å²) < 4.78 is 12.1. The quantitative estimate of drug-likeness (QED) is 0.354. The van der Waals surface area contributed by atoms with Crippen LogP contribution in [0, 0.1) is 11.8 Å². The van der Waals surface area contributed by atoms with E-state index in [1.54, 1.807) is 4.90 Å². The molecule has 4 rings (SSSR count). The summed E-state index contributed by atoms with van der Waals surface area (Å²) in [5.41, 5.74) is -1.20. The molecule has 2 unspecified atom stereocenters. The van der Waals surface area contributed by atoms with Crippen LogP contribution < -0.4 is 0 Å². The summed E-state index contributed by atoms with van der Waals surface area (Å²) in [6, 6.07) is -0.803. The minimum Gasteiger partial charge on any atom is -0.465 e. The van der Waals surface area contributed by atoms with Crippen LogP contribution in [0.2, 0.25) is 0 Å². The van der Waals surface area contributed by atoms with Crippen LogP contribution in [-0.2, 0) is 23.9 Å². The van der Waals surface area contributed by atoms with Crippen molar-refractivity contribution >= 4 is 17.8 Å². The molecule has 1 N–H and O–H groups in total. The molecule has 0 radical (unpaired) electrons. The van der Waals surface area contributed by atoms with E-state index in [0.717, 1.165) is 25.7 Å². The Labute approximate surface area is 195 Å². The van der Waals surface area contributed by atoms with Gasteiger partial charge in [0.15, 0.2) is 0 Å². The van der Waals surface area contributed by atoms with Crippen molar-refractivity contribution in [2.45, 2.75) is 76.2 Å². The Bertz CT molecular complexity index is 826. The molecule has 4 aliphatic heterocycles. The highest BCUT2D eigenvalue weighted by Gasteiger charge is 2.71. The standard InChI is InChI=1S/C25H36N2O6/c1-3-10-17(2)26-14-9-12-25-20(19-18(33-25)11-5-4-8-16-32-24(19)31)22(29)27(13-6-7-15-28)21(25)23(26)30/h5,9,11-12,17-21,28H,3-4,6-8,10,13-16H2,1-2H3/b11-5-/t17?,18-,19+,20+,21?,25+/m1/s1. The van der Waals surface area contributed by atoms with Crippen LogP contribution >= 0.6 is 0 Å². The molecule has 8 heteroatoms. The lowest BCUT2D eigenvalue weighted by molar-refractivity contribution is -0.155. The first-order chi connectivity index (χ1) is 16.0.